The lowest BCUT2D eigenvalue weighted by Gasteiger charge is -2.09. The third kappa shape index (κ3) is 2.89. The minimum absolute atomic E-state index is 0.168. The van der Waals surface area contributed by atoms with Gasteiger partial charge in [0.15, 0.2) is 5.78 Å². The van der Waals surface area contributed by atoms with Gasteiger partial charge in [-0.25, -0.2) is 4.79 Å². The Morgan fingerprint density at radius 3 is 2.27 bits per heavy atom. The summed E-state index contributed by atoms with van der Waals surface area (Å²) in [6.45, 7) is 5.02. The zero-order valence-electron chi connectivity index (χ0n) is 12.4. The molecule has 0 unspecified atom stereocenters. The number of hydrogen-bond donors (Lipinski definition) is 1. The second kappa shape index (κ2) is 6.55. The van der Waals surface area contributed by atoms with E-state index in [1.807, 2.05) is 0 Å². The molecule has 0 fully saturated rings. The van der Waals surface area contributed by atoms with E-state index >= 15 is 0 Å². The van der Waals surface area contributed by atoms with Crippen molar-refractivity contribution in [2.75, 3.05) is 6.61 Å². The number of Topliss-reactive ketones (excluding diaryl/α,β-unsaturated/α-hetero) is 1. The number of rotatable bonds is 4. The predicted octanol–water partition coefficient (Wildman–Crippen LogP) is 4.68. The Labute approximate surface area is 138 Å². The zero-order valence-corrected chi connectivity index (χ0v) is 13.9. The number of nitrogens with one attached hydrogen (secondary N) is 1. The van der Waals surface area contributed by atoms with Crippen LogP contribution < -0.4 is 0 Å². The van der Waals surface area contributed by atoms with Crippen molar-refractivity contribution in [3.63, 3.8) is 0 Å². The summed E-state index contributed by atoms with van der Waals surface area (Å²) in [5, 5.41) is 0.767. The van der Waals surface area contributed by atoms with E-state index in [0.717, 1.165) is 0 Å². The van der Waals surface area contributed by atoms with Crippen molar-refractivity contribution in [1.29, 1.82) is 0 Å². The average molecular weight is 340 g/mol. The molecule has 1 aromatic heterocycles. The van der Waals surface area contributed by atoms with Gasteiger partial charge in [-0.15, -0.1) is 0 Å². The van der Waals surface area contributed by atoms with E-state index in [2.05, 4.69) is 4.98 Å². The number of esters is 1. The van der Waals surface area contributed by atoms with Gasteiger partial charge in [0.05, 0.1) is 33.5 Å². The van der Waals surface area contributed by atoms with Gasteiger partial charge >= 0.3 is 5.97 Å². The van der Waals surface area contributed by atoms with Crippen molar-refractivity contribution in [2.24, 2.45) is 0 Å². The Morgan fingerprint density at radius 1 is 1.18 bits per heavy atom. The molecule has 0 spiro atoms. The standard InChI is InChI=1S/C16H15Cl2NO3/c1-4-22-16(21)14-12(9(3)20)8(2)19-15(14)13-10(17)6-5-7-11(13)18/h5-7,19H,4H2,1-3H3. The van der Waals surface area contributed by atoms with Crippen molar-refractivity contribution in [3.05, 3.63) is 45.1 Å². The highest BCUT2D eigenvalue weighted by molar-refractivity contribution is 6.39. The van der Waals surface area contributed by atoms with E-state index in [1.54, 1.807) is 32.0 Å². The SMILES string of the molecule is CCOC(=O)c1c(-c2c(Cl)cccc2Cl)[nH]c(C)c1C(C)=O. The van der Waals surface area contributed by atoms with E-state index < -0.39 is 5.97 Å². The van der Waals surface area contributed by atoms with Gasteiger partial charge in [0, 0.05) is 11.3 Å². The number of aryl methyl sites for hydroxylation is 1. The van der Waals surface area contributed by atoms with Crippen LogP contribution in [0, 0.1) is 6.92 Å². The van der Waals surface area contributed by atoms with E-state index in [1.165, 1.54) is 6.92 Å². The van der Waals surface area contributed by atoms with Crippen LogP contribution in [0.5, 0.6) is 0 Å². The number of H-pyrrole nitrogens is 1. The second-order valence-corrected chi connectivity index (χ2v) is 5.56. The fourth-order valence-corrected chi connectivity index (χ4v) is 2.98. The minimum atomic E-state index is -0.581. The molecule has 0 bridgehead atoms. The fourth-order valence-electron chi connectivity index (χ4n) is 2.40. The van der Waals surface area contributed by atoms with E-state index in [9.17, 15) is 9.59 Å². The van der Waals surface area contributed by atoms with Crippen LogP contribution in [0.25, 0.3) is 11.3 Å². The first-order valence-electron chi connectivity index (χ1n) is 6.73. The highest BCUT2D eigenvalue weighted by atomic mass is 35.5. The largest absolute Gasteiger partial charge is 0.462 e. The zero-order chi connectivity index (χ0) is 16.4. The topological polar surface area (TPSA) is 59.2 Å². The summed E-state index contributed by atoms with van der Waals surface area (Å²) in [7, 11) is 0. The summed E-state index contributed by atoms with van der Waals surface area (Å²) in [5.74, 6) is -0.811. The second-order valence-electron chi connectivity index (χ2n) is 4.75. The lowest BCUT2D eigenvalue weighted by atomic mass is 10.0. The molecule has 0 radical (unpaired) electrons. The maximum absolute atomic E-state index is 12.3. The monoisotopic (exact) mass is 339 g/mol. The van der Waals surface area contributed by atoms with Crippen LogP contribution in [0.3, 0.4) is 0 Å². The molecule has 4 nitrogen and oxygen atoms in total. The van der Waals surface area contributed by atoms with Gasteiger partial charge in [-0.2, -0.15) is 0 Å². The summed E-state index contributed by atoms with van der Waals surface area (Å²) >= 11 is 12.4. The van der Waals surface area contributed by atoms with Gasteiger partial charge in [-0.1, -0.05) is 29.3 Å². The van der Waals surface area contributed by atoms with Crippen molar-refractivity contribution in [3.8, 4) is 11.3 Å². The number of carbonyl (C=O) groups excluding carboxylic acids is 2. The first-order valence-corrected chi connectivity index (χ1v) is 7.49. The maximum atomic E-state index is 12.3. The lowest BCUT2D eigenvalue weighted by Crippen LogP contribution is -2.10. The Bertz CT molecular complexity index is 730. The molecule has 22 heavy (non-hydrogen) atoms. The summed E-state index contributed by atoms with van der Waals surface area (Å²) in [6, 6.07) is 5.04. The number of ether oxygens (including phenoxy) is 1. The summed E-state index contributed by atoms with van der Waals surface area (Å²) in [5.41, 5.74) is 1.91. The van der Waals surface area contributed by atoms with Gasteiger partial charge in [0.2, 0.25) is 0 Å². The van der Waals surface area contributed by atoms with E-state index in [-0.39, 0.29) is 18.0 Å². The molecule has 1 heterocycles. The van der Waals surface area contributed by atoms with Gasteiger partial charge < -0.3 is 9.72 Å². The molecular weight excluding hydrogens is 325 g/mol. The summed E-state index contributed by atoms with van der Waals surface area (Å²) < 4.78 is 5.08. The van der Waals surface area contributed by atoms with Crippen LogP contribution in [0.4, 0.5) is 0 Å². The van der Waals surface area contributed by atoms with E-state index in [0.29, 0.717) is 32.6 Å². The molecular formula is C16H15Cl2NO3. The lowest BCUT2D eigenvalue weighted by molar-refractivity contribution is 0.0524. The third-order valence-electron chi connectivity index (χ3n) is 3.23. The molecule has 0 atom stereocenters. The van der Waals surface area contributed by atoms with Crippen molar-refractivity contribution >= 4 is 35.0 Å². The maximum Gasteiger partial charge on any atom is 0.341 e. The van der Waals surface area contributed by atoms with Gasteiger partial charge in [0.25, 0.3) is 0 Å². The van der Waals surface area contributed by atoms with Crippen molar-refractivity contribution < 1.29 is 14.3 Å². The van der Waals surface area contributed by atoms with Gasteiger partial charge in [-0.05, 0) is 32.9 Å². The van der Waals surface area contributed by atoms with E-state index in [4.69, 9.17) is 27.9 Å². The molecule has 1 aromatic carbocycles. The normalized spacial score (nSPS) is 10.6. The number of carbonyl (C=O) groups is 2. The molecule has 116 valence electrons. The number of halogens is 2. The average Bonchev–Trinajstić information content (AvgIpc) is 2.76. The molecule has 2 aromatic rings. The highest BCUT2D eigenvalue weighted by Gasteiger charge is 2.27. The molecule has 1 N–H and O–H groups in total. The van der Waals surface area contributed by atoms with Crippen molar-refractivity contribution in [1.82, 2.24) is 4.98 Å². The Hall–Kier alpha value is -1.78. The van der Waals surface area contributed by atoms with Crippen LogP contribution in [-0.4, -0.2) is 23.3 Å². The number of aromatic nitrogens is 1. The minimum Gasteiger partial charge on any atom is -0.462 e. The van der Waals surface area contributed by atoms with Gasteiger partial charge in [-0.3, -0.25) is 4.79 Å². The molecule has 0 saturated carbocycles. The van der Waals surface area contributed by atoms with Crippen LogP contribution in [0.2, 0.25) is 10.0 Å². The summed E-state index contributed by atoms with van der Waals surface area (Å²) in [6.07, 6.45) is 0. The van der Waals surface area contributed by atoms with Crippen LogP contribution >= 0.6 is 23.2 Å². The predicted molar refractivity (Wildman–Crippen MR) is 86.9 cm³/mol. The Morgan fingerprint density at radius 2 is 1.77 bits per heavy atom. The first-order chi connectivity index (χ1) is 10.4. The number of hydrogen-bond acceptors (Lipinski definition) is 3. The molecule has 0 aliphatic carbocycles. The quantitative estimate of drug-likeness (QED) is 0.650. The molecule has 0 amide bonds. The smallest absolute Gasteiger partial charge is 0.341 e. The van der Waals surface area contributed by atoms with Crippen molar-refractivity contribution in [2.45, 2.75) is 20.8 Å². The number of ketones is 1. The first kappa shape index (κ1) is 16.6. The van der Waals surface area contributed by atoms with Gasteiger partial charge in [0.1, 0.15) is 0 Å². The number of aromatic amines is 1. The Balaban J connectivity index is 2.79. The molecule has 0 saturated heterocycles. The highest BCUT2D eigenvalue weighted by Crippen LogP contribution is 2.38. The Kier molecular flexibility index (Phi) is 4.94. The van der Waals surface area contributed by atoms with Crippen LogP contribution in [0.1, 0.15) is 40.3 Å². The van der Waals surface area contributed by atoms with Crippen LogP contribution in [-0.2, 0) is 4.74 Å². The number of benzene rings is 1. The fraction of sp³-hybridized carbons (Fsp3) is 0.250. The molecule has 2 rings (SSSR count). The molecule has 0 aliphatic rings. The third-order valence-corrected chi connectivity index (χ3v) is 3.86. The molecule has 0 aliphatic heterocycles. The molecule has 6 heteroatoms. The summed E-state index contributed by atoms with van der Waals surface area (Å²) in [4.78, 5) is 27.3. The van der Waals surface area contributed by atoms with Crippen LogP contribution in [0.15, 0.2) is 18.2 Å².